The summed E-state index contributed by atoms with van der Waals surface area (Å²) in [6.45, 7) is 0. The van der Waals surface area contributed by atoms with Crippen LogP contribution in [-0.2, 0) is 10.8 Å². The zero-order valence-corrected chi connectivity index (χ0v) is 16.5. The summed E-state index contributed by atoms with van der Waals surface area (Å²) in [4.78, 5) is 22.1. The van der Waals surface area contributed by atoms with Gasteiger partial charge in [-0.25, -0.2) is 24.2 Å². The second kappa shape index (κ2) is 10.9. The molecule has 0 spiro atoms. The fourth-order valence-electron chi connectivity index (χ4n) is 3.41. The molecule has 2 heterocycles. The zero-order chi connectivity index (χ0) is 18.7. The number of nitrogens with zero attached hydrogens (tertiary/aromatic N) is 4. The molecule has 2 aliphatic carbocycles. The van der Waals surface area contributed by atoms with Crippen LogP contribution in [0.5, 0.6) is 0 Å². The van der Waals surface area contributed by atoms with Crippen molar-refractivity contribution in [3.05, 3.63) is 24.8 Å². The van der Waals surface area contributed by atoms with Crippen LogP contribution in [0.1, 0.15) is 64.2 Å². The quantitative estimate of drug-likeness (QED) is 0.770. The van der Waals surface area contributed by atoms with Gasteiger partial charge in [-0.3, -0.25) is 0 Å². The molecule has 0 radical (unpaired) electrons. The molecule has 2 saturated carbocycles. The summed E-state index contributed by atoms with van der Waals surface area (Å²) in [5.74, 6) is 0. The van der Waals surface area contributed by atoms with Gasteiger partial charge in [-0.05, 0) is 25.7 Å². The lowest BCUT2D eigenvalue weighted by molar-refractivity contribution is 0.438. The third kappa shape index (κ3) is 6.56. The van der Waals surface area contributed by atoms with Gasteiger partial charge in [-0.1, -0.05) is 38.5 Å². The number of imidazole rings is 2. The van der Waals surface area contributed by atoms with Gasteiger partial charge in [0.15, 0.2) is 10.8 Å². The van der Waals surface area contributed by atoms with Gasteiger partial charge >= 0.3 is 0 Å². The molecule has 8 heteroatoms. The highest BCUT2D eigenvalue weighted by molar-refractivity contribution is 7.84. The van der Waals surface area contributed by atoms with Crippen LogP contribution < -0.4 is 0 Å². The van der Waals surface area contributed by atoms with E-state index in [-0.39, 0.29) is 0 Å². The highest BCUT2D eigenvalue weighted by atomic mass is 32.2. The van der Waals surface area contributed by atoms with E-state index >= 15 is 0 Å². The number of nitrogens with one attached hydrogen (secondary N) is 2. The number of aromatic amines is 2. The molecule has 0 aromatic carbocycles. The minimum Gasteiger partial charge on any atom is -0.337 e. The number of hydrogen-bond donors (Lipinski definition) is 2. The Kier molecular flexibility index (Phi) is 7.99. The SMILES string of the molecule is C(=NC1CCCCC1)=NC1CCCCC1.O=S(c1ncc[nH]1)c1ncc[nH]1. The predicted octanol–water partition coefficient (Wildman–Crippen LogP) is 4.13. The molecule has 2 aromatic rings. The van der Waals surface area contributed by atoms with E-state index in [0.29, 0.717) is 22.4 Å². The van der Waals surface area contributed by atoms with Crippen LogP contribution in [0.15, 0.2) is 45.1 Å². The van der Waals surface area contributed by atoms with Gasteiger partial charge in [-0.2, -0.15) is 0 Å². The Labute approximate surface area is 162 Å². The first-order chi connectivity index (χ1) is 13.3. The predicted molar refractivity (Wildman–Crippen MR) is 105 cm³/mol. The summed E-state index contributed by atoms with van der Waals surface area (Å²) in [6.07, 6.45) is 19.5. The molecule has 2 fully saturated rings. The summed E-state index contributed by atoms with van der Waals surface area (Å²) >= 11 is 0. The first kappa shape index (κ1) is 19.7. The average molecular weight is 389 g/mol. The second-order valence-corrected chi connectivity index (χ2v) is 8.31. The lowest BCUT2D eigenvalue weighted by atomic mass is 9.96. The smallest absolute Gasteiger partial charge is 0.204 e. The molecular weight excluding hydrogens is 360 g/mol. The Balaban J connectivity index is 0.000000159. The molecule has 146 valence electrons. The van der Waals surface area contributed by atoms with Crippen molar-refractivity contribution in [2.75, 3.05) is 0 Å². The maximum absolute atomic E-state index is 11.5. The molecule has 0 bridgehead atoms. The summed E-state index contributed by atoms with van der Waals surface area (Å²) in [6, 6.07) is 4.04. The van der Waals surface area contributed by atoms with E-state index in [2.05, 4.69) is 35.9 Å². The summed E-state index contributed by atoms with van der Waals surface area (Å²) in [7, 11) is -1.32. The van der Waals surface area contributed by atoms with E-state index in [1.54, 1.807) is 24.8 Å². The fraction of sp³-hybridized carbons (Fsp3) is 0.632. The zero-order valence-electron chi connectivity index (χ0n) is 15.6. The van der Waals surface area contributed by atoms with E-state index in [1.165, 1.54) is 64.2 Å². The topological polar surface area (TPSA) is 99.2 Å². The lowest BCUT2D eigenvalue weighted by Gasteiger charge is -2.17. The third-order valence-electron chi connectivity index (χ3n) is 4.93. The molecular formula is C19H28N6OS. The lowest BCUT2D eigenvalue weighted by Crippen LogP contribution is -2.10. The Morgan fingerprint density at radius 2 is 1.26 bits per heavy atom. The van der Waals surface area contributed by atoms with E-state index < -0.39 is 10.8 Å². The highest BCUT2D eigenvalue weighted by Gasteiger charge is 2.13. The van der Waals surface area contributed by atoms with E-state index in [1.807, 2.05) is 0 Å². The standard InChI is InChI=1S/C13H22N2.C6H6N4OS/c1-3-7-12(8-4-1)14-11-15-13-9-5-2-6-10-13;11-12(5-7-1-2-8-5)6-9-3-4-10-6/h12-13H,1-10H2;1-4H,(H,7,8)(H,9,10). The van der Waals surface area contributed by atoms with Crippen molar-refractivity contribution in [3.63, 3.8) is 0 Å². The average Bonchev–Trinajstić information content (AvgIpc) is 3.44. The summed E-state index contributed by atoms with van der Waals surface area (Å²) < 4.78 is 11.5. The molecule has 0 aliphatic heterocycles. The van der Waals surface area contributed by atoms with E-state index in [9.17, 15) is 4.21 Å². The van der Waals surface area contributed by atoms with Crippen LogP contribution in [-0.4, -0.2) is 42.2 Å². The molecule has 2 aromatic heterocycles. The van der Waals surface area contributed by atoms with Crippen molar-refractivity contribution in [1.29, 1.82) is 0 Å². The van der Waals surface area contributed by atoms with E-state index in [0.717, 1.165) is 0 Å². The molecule has 0 unspecified atom stereocenters. The molecule has 27 heavy (non-hydrogen) atoms. The Bertz CT molecular complexity index is 666. The first-order valence-electron chi connectivity index (χ1n) is 9.88. The molecule has 0 atom stereocenters. The van der Waals surface area contributed by atoms with Gasteiger partial charge in [0, 0.05) is 24.8 Å². The van der Waals surface area contributed by atoms with Crippen LogP contribution in [0.2, 0.25) is 0 Å². The van der Waals surface area contributed by atoms with Crippen molar-refractivity contribution >= 4 is 16.8 Å². The number of H-pyrrole nitrogens is 2. The van der Waals surface area contributed by atoms with Crippen molar-refractivity contribution in [1.82, 2.24) is 19.9 Å². The van der Waals surface area contributed by atoms with Crippen LogP contribution >= 0.6 is 0 Å². The molecule has 4 rings (SSSR count). The van der Waals surface area contributed by atoms with Gasteiger partial charge in [0.1, 0.15) is 0 Å². The summed E-state index contributed by atoms with van der Waals surface area (Å²) in [5, 5.41) is 0.815. The van der Waals surface area contributed by atoms with Gasteiger partial charge in [0.25, 0.3) is 0 Å². The molecule has 0 amide bonds. The summed E-state index contributed by atoms with van der Waals surface area (Å²) in [5.41, 5.74) is 0. The van der Waals surface area contributed by atoms with Crippen molar-refractivity contribution in [3.8, 4) is 0 Å². The molecule has 0 saturated heterocycles. The van der Waals surface area contributed by atoms with Crippen LogP contribution in [0.4, 0.5) is 0 Å². The maximum Gasteiger partial charge on any atom is 0.204 e. The Hall–Kier alpha value is -2.05. The molecule has 7 nitrogen and oxygen atoms in total. The van der Waals surface area contributed by atoms with Crippen molar-refractivity contribution in [2.45, 2.75) is 86.6 Å². The normalized spacial score (nSPS) is 18.4. The van der Waals surface area contributed by atoms with Gasteiger partial charge < -0.3 is 9.97 Å². The Morgan fingerprint density at radius 1 is 0.815 bits per heavy atom. The Morgan fingerprint density at radius 3 is 1.63 bits per heavy atom. The highest BCUT2D eigenvalue weighted by Crippen LogP contribution is 2.21. The third-order valence-corrected chi connectivity index (χ3v) is 6.08. The molecule has 2 aliphatic rings. The molecule has 2 N–H and O–H groups in total. The van der Waals surface area contributed by atoms with E-state index in [4.69, 9.17) is 0 Å². The first-order valence-corrected chi connectivity index (χ1v) is 11.0. The van der Waals surface area contributed by atoms with Gasteiger partial charge in [0.2, 0.25) is 10.3 Å². The minimum absolute atomic E-state index is 0.407. The largest absolute Gasteiger partial charge is 0.337 e. The minimum atomic E-state index is -1.32. The van der Waals surface area contributed by atoms with Crippen LogP contribution in [0.25, 0.3) is 0 Å². The van der Waals surface area contributed by atoms with Gasteiger partial charge in [-0.15, -0.1) is 0 Å². The fourth-order valence-corrected chi connectivity index (χ4v) is 4.26. The van der Waals surface area contributed by atoms with Crippen LogP contribution in [0, 0.1) is 0 Å². The van der Waals surface area contributed by atoms with Crippen LogP contribution in [0.3, 0.4) is 0 Å². The van der Waals surface area contributed by atoms with Gasteiger partial charge in [0.05, 0.1) is 18.1 Å². The number of rotatable bonds is 4. The van der Waals surface area contributed by atoms with Crippen molar-refractivity contribution in [2.24, 2.45) is 9.98 Å². The number of aromatic nitrogens is 4. The monoisotopic (exact) mass is 388 g/mol. The maximum atomic E-state index is 11.5. The van der Waals surface area contributed by atoms with Crippen molar-refractivity contribution < 1.29 is 4.21 Å². The second-order valence-electron chi connectivity index (χ2n) is 7.00. The number of aliphatic imine (C=N–C) groups is 2. The number of hydrogen-bond acceptors (Lipinski definition) is 5.